The number of halogens is 2. The van der Waals surface area contributed by atoms with E-state index in [1.165, 1.54) is 4.90 Å². The molecule has 0 aliphatic rings. The predicted octanol–water partition coefficient (Wildman–Crippen LogP) is 4.90. The molecule has 1 aromatic heterocycles. The van der Waals surface area contributed by atoms with Crippen LogP contribution in [-0.4, -0.2) is 18.3 Å². The highest BCUT2D eigenvalue weighted by atomic mass is 35.5. The summed E-state index contributed by atoms with van der Waals surface area (Å²) in [7, 11) is 1.76. The second kappa shape index (κ2) is 6.37. The summed E-state index contributed by atoms with van der Waals surface area (Å²) in [6, 6.07) is 9.71. The van der Waals surface area contributed by atoms with Crippen LogP contribution in [0.4, 0.5) is 17.3 Å². The number of hydrogen-bond acceptors (Lipinski definition) is 4. The molecule has 0 bridgehead atoms. The normalized spacial score (nSPS) is 10.3. The Morgan fingerprint density at radius 1 is 1.05 bits per heavy atom. The Morgan fingerprint density at radius 3 is 2.26 bits per heavy atom. The zero-order valence-corrected chi connectivity index (χ0v) is 12.8. The third-order valence-corrected chi connectivity index (χ3v) is 3.84. The minimum atomic E-state index is 0.484. The highest BCUT2D eigenvalue weighted by molar-refractivity contribution is 7.98. The Bertz CT molecular complexity index is 573. The molecule has 2 N–H and O–H groups in total. The van der Waals surface area contributed by atoms with E-state index in [0.717, 1.165) is 5.69 Å². The molecule has 6 heteroatoms. The minimum absolute atomic E-state index is 0.484. The summed E-state index contributed by atoms with van der Waals surface area (Å²) in [6.45, 7) is 0. The summed E-state index contributed by atoms with van der Waals surface area (Å²) in [5, 5.41) is 7.08. The van der Waals surface area contributed by atoms with Gasteiger partial charge in [0.25, 0.3) is 0 Å². The largest absolute Gasteiger partial charge is 0.372 e. The molecule has 0 spiro atoms. The molecule has 0 radical (unpaired) electrons. The zero-order valence-electron chi connectivity index (χ0n) is 10.5. The summed E-state index contributed by atoms with van der Waals surface area (Å²) >= 11 is 13.8. The Labute approximate surface area is 126 Å². The van der Waals surface area contributed by atoms with Crippen molar-refractivity contribution in [3.8, 4) is 0 Å². The Kier molecular flexibility index (Phi) is 4.80. The van der Waals surface area contributed by atoms with Crippen LogP contribution >= 0.6 is 35.0 Å². The molecule has 1 aromatic carbocycles. The van der Waals surface area contributed by atoms with Crippen molar-refractivity contribution in [1.82, 2.24) is 4.98 Å². The highest BCUT2D eigenvalue weighted by Gasteiger charge is 2.08. The van der Waals surface area contributed by atoms with E-state index in [9.17, 15) is 0 Å². The first-order chi connectivity index (χ1) is 9.13. The highest BCUT2D eigenvalue weighted by Crippen LogP contribution is 2.31. The average Bonchev–Trinajstić information content (AvgIpc) is 2.42. The Hall–Kier alpha value is -1.10. The minimum Gasteiger partial charge on any atom is -0.372 e. The molecule has 3 nitrogen and oxygen atoms in total. The molecular weight excluding hydrogens is 301 g/mol. The smallest absolute Gasteiger partial charge is 0.151 e. The van der Waals surface area contributed by atoms with Gasteiger partial charge in [-0.15, -0.1) is 11.8 Å². The van der Waals surface area contributed by atoms with Gasteiger partial charge in [-0.05, 0) is 36.6 Å². The van der Waals surface area contributed by atoms with Crippen molar-refractivity contribution in [1.29, 1.82) is 0 Å². The SMILES string of the molecule is CNc1nc(Nc2ccc(SC)cc2)c(Cl)cc1Cl. The van der Waals surface area contributed by atoms with E-state index in [4.69, 9.17) is 23.2 Å². The molecule has 100 valence electrons. The maximum atomic E-state index is 6.13. The number of hydrogen-bond donors (Lipinski definition) is 2. The van der Waals surface area contributed by atoms with Gasteiger partial charge in [-0.1, -0.05) is 23.2 Å². The van der Waals surface area contributed by atoms with Crippen molar-refractivity contribution in [2.75, 3.05) is 23.9 Å². The van der Waals surface area contributed by atoms with Crippen molar-refractivity contribution in [2.45, 2.75) is 4.90 Å². The van der Waals surface area contributed by atoms with Gasteiger partial charge in [0, 0.05) is 17.6 Å². The summed E-state index contributed by atoms with van der Waals surface area (Å²) < 4.78 is 0. The topological polar surface area (TPSA) is 37.0 Å². The van der Waals surface area contributed by atoms with Gasteiger partial charge in [-0.25, -0.2) is 4.98 Å². The fourth-order valence-corrected chi connectivity index (χ4v) is 2.45. The van der Waals surface area contributed by atoms with Gasteiger partial charge < -0.3 is 10.6 Å². The number of nitrogens with zero attached hydrogens (tertiary/aromatic N) is 1. The molecule has 2 rings (SSSR count). The molecule has 0 aliphatic carbocycles. The van der Waals surface area contributed by atoms with Gasteiger partial charge in [0.2, 0.25) is 0 Å². The van der Waals surface area contributed by atoms with Crippen LogP contribution in [0, 0.1) is 0 Å². The van der Waals surface area contributed by atoms with Crippen molar-refractivity contribution in [3.63, 3.8) is 0 Å². The van der Waals surface area contributed by atoms with Crippen LogP contribution in [0.25, 0.3) is 0 Å². The van der Waals surface area contributed by atoms with Crippen LogP contribution in [0.2, 0.25) is 10.0 Å². The van der Waals surface area contributed by atoms with Crippen molar-refractivity contribution in [3.05, 3.63) is 40.4 Å². The summed E-state index contributed by atoms with van der Waals surface area (Å²) in [5.74, 6) is 1.17. The third kappa shape index (κ3) is 3.47. The van der Waals surface area contributed by atoms with Crippen LogP contribution in [0.3, 0.4) is 0 Å². The molecular formula is C13H13Cl2N3S. The molecule has 19 heavy (non-hydrogen) atoms. The molecule has 0 aliphatic heterocycles. The monoisotopic (exact) mass is 313 g/mol. The zero-order chi connectivity index (χ0) is 13.8. The van der Waals surface area contributed by atoms with E-state index in [1.54, 1.807) is 24.9 Å². The molecule has 0 atom stereocenters. The summed E-state index contributed by atoms with van der Waals surface area (Å²) in [6.07, 6.45) is 2.04. The maximum absolute atomic E-state index is 6.13. The van der Waals surface area contributed by atoms with E-state index in [-0.39, 0.29) is 0 Å². The predicted molar refractivity (Wildman–Crippen MR) is 85.3 cm³/mol. The lowest BCUT2D eigenvalue weighted by Gasteiger charge is -2.11. The molecule has 0 fully saturated rings. The van der Waals surface area contributed by atoms with Gasteiger partial charge in [-0.2, -0.15) is 0 Å². The van der Waals surface area contributed by atoms with E-state index >= 15 is 0 Å². The van der Waals surface area contributed by atoms with E-state index in [0.29, 0.717) is 21.7 Å². The number of pyridine rings is 1. The molecule has 0 saturated heterocycles. The van der Waals surface area contributed by atoms with Crippen LogP contribution in [-0.2, 0) is 0 Å². The summed E-state index contributed by atoms with van der Waals surface area (Å²) in [4.78, 5) is 5.54. The van der Waals surface area contributed by atoms with Gasteiger partial charge >= 0.3 is 0 Å². The number of thioether (sulfide) groups is 1. The van der Waals surface area contributed by atoms with Crippen molar-refractivity contribution in [2.24, 2.45) is 0 Å². The molecule has 2 aromatic rings. The lowest BCUT2D eigenvalue weighted by molar-refractivity contribution is 1.27. The number of anilines is 3. The molecule has 0 saturated carbocycles. The Morgan fingerprint density at radius 2 is 1.68 bits per heavy atom. The lowest BCUT2D eigenvalue weighted by atomic mass is 10.3. The first kappa shape index (κ1) is 14.3. The second-order valence-electron chi connectivity index (χ2n) is 3.75. The fraction of sp³-hybridized carbons (Fsp3) is 0.154. The van der Waals surface area contributed by atoms with Crippen LogP contribution in [0.5, 0.6) is 0 Å². The Balaban J connectivity index is 2.26. The number of benzene rings is 1. The number of nitrogens with one attached hydrogen (secondary N) is 2. The fourth-order valence-electron chi connectivity index (χ4n) is 1.54. The molecule has 1 heterocycles. The van der Waals surface area contributed by atoms with Gasteiger partial charge in [0.05, 0.1) is 10.0 Å². The van der Waals surface area contributed by atoms with Gasteiger partial charge in [0.15, 0.2) is 5.82 Å². The third-order valence-electron chi connectivity index (χ3n) is 2.52. The van der Waals surface area contributed by atoms with Crippen molar-refractivity contribution < 1.29 is 0 Å². The van der Waals surface area contributed by atoms with Gasteiger partial charge in [-0.3, -0.25) is 0 Å². The molecule has 0 unspecified atom stereocenters. The van der Waals surface area contributed by atoms with E-state index < -0.39 is 0 Å². The second-order valence-corrected chi connectivity index (χ2v) is 5.45. The van der Waals surface area contributed by atoms with Crippen LogP contribution < -0.4 is 10.6 Å². The first-order valence-electron chi connectivity index (χ1n) is 5.59. The van der Waals surface area contributed by atoms with Crippen molar-refractivity contribution >= 4 is 52.3 Å². The van der Waals surface area contributed by atoms with Gasteiger partial charge in [0.1, 0.15) is 5.82 Å². The quantitative estimate of drug-likeness (QED) is 0.787. The summed E-state index contributed by atoms with van der Waals surface area (Å²) in [5.41, 5.74) is 0.927. The number of aromatic nitrogens is 1. The first-order valence-corrected chi connectivity index (χ1v) is 7.57. The lowest BCUT2D eigenvalue weighted by Crippen LogP contribution is -1.99. The van der Waals surface area contributed by atoms with E-state index in [2.05, 4.69) is 15.6 Å². The van der Waals surface area contributed by atoms with Crippen LogP contribution in [0.1, 0.15) is 0 Å². The van der Waals surface area contributed by atoms with Crippen LogP contribution in [0.15, 0.2) is 35.2 Å². The van der Waals surface area contributed by atoms with E-state index in [1.807, 2.05) is 30.5 Å². The standard InChI is InChI=1S/C13H13Cl2N3S/c1-16-12-10(14)7-11(15)13(18-12)17-8-3-5-9(19-2)6-4-8/h3-7H,1-2H3,(H2,16,17,18). The maximum Gasteiger partial charge on any atom is 0.151 e. The average molecular weight is 314 g/mol. The number of rotatable bonds is 4. The molecule has 0 amide bonds.